The van der Waals surface area contributed by atoms with Crippen LogP contribution in [-0.2, 0) is 4.74 Å². The Bertz CT molecular complexity index is 1370. The lowest BCUT2D eigenvalue weighted by Crippen LogP contribution is -2.37. The van der Waals surface area contributed by atoms with E-state index in [9.17, 15) is 9.59 Å². The zero-order valence-corrected chi connectivity index (χ0v) is 22.6. The lowest BCUT2D eigenvalue weighted by Gasteiger charge is -2.19. The summed E-state index contributed by atoms with van der Waals surface area (Å²) in [4.78, 5) is 24.6. The summed E-state index contributed by atoms with van der Waals surface area (Å²) >= 11 is 0. The van der Waals surface area contributed by atoms with Crippen LogP contribution < -0.4 is 10.6 Å². The van der Waals surface area contributed by atoms with Gasteiger partial charge in [-0.1, -0.05) is 103 Å². The van der Waals surface area contributed by atoms with Crippen LogP contribution in [0.1, 0.15) is 53.4 Å². The van der Waals surface area contributed by atoms with E-state index in [0.29, 0.717) is 12.1 Å². The van der Waals surface area contributed by atoms with Crippen LogP contribution in [0.2, 0.25) is 0 Å². The van der Waals surface area contributed by atoms with Crippen molar-refractivity contribution in [1.82, 2.24) is 10.6 Å². The van der Waals surface area contributed by atoms with Crippen molar-refractivity contribution in [2.75, 3.05) is 13.1 Å². The SMILES string of the molecule is CC(C)(C)OC(=O)NCCNC(=O)c1ccc(C(=C(c2ccccc2)c2ccccc2)c2ccccc2)cc1. The van der Waals surface area contributed by atoms with Crippen molar-refractivity contribution in [2.24, 2.45) is 0 Å². The molecule has 0 atom stereocenters. The van der Waals surface area contributed by atoms with Crippen LogP contribution in [0.25, 0.3) is 11.1 Å². The van der Waals surface area contributed by atoms with E-state index in [0.717, 1.165) is 33.4 Å². The molecule has 0 aliphatic carbocycles. The Balaban J connectivity index is 1.61. The van der Waals surface area contributed by atoms with Crippen LogP contribution >= 0.6 is 0 Å². The van der Waals surface area contributed by atoms with Crippen molar-refractivity contribution in [3.05, 3.63) is 143 Å². The predicted molar refractivity (Wildman–Crippen MR) is 157 cm³/mol. The highest BCUT2D eigenvalue weighted by atomic mass is 16.6. The van der Waals surface area contributed by atoms with Crippen LogP contribution in [0.3, 0.4) is 0 Å². The van der Waals surface area contributed by atoms with Gasteiger partial charge in [-0.15, -0.1) is 0 Å². The molecular weight excluding hydrogens is 484 g/mol. The van der Waals surface area contributed by atoms with Crippen molar-refractivity contribution in [1.29, 1.82) is 0 Å². The van der Waals surface area contributed by atoms with E-state index in [1.54, 1.807) is 20.8 Å². The van der Waals surface area contributed by atoms with Crippen LogP contribution in [0.5, 0.6) is 0 Å². The highest BCUT2D eigenvalue weighted by Gasteiger charge is 2.17. The summed E-state index contributed by atoms with van der Waals surface area (Å²) in [7, 11) is 0. The first kappa shape index (κ1) is 27.4. The number of carbonyl (C=O) groups is 2. The van der Waals surface area contributed by atoms with E-state index in [2.05, 4.69) is 47.0 Å². The zero-order valence-electron chi connectivity index (χ0n) is 22.6. The van der Waals surface area contributed by atoms with Gasteiger partial charge in [0.1, 0.15) is 5.60 Å². The second-order valence-corrected chi connectivity index (χ2v) is 10.1. The quantitative estimate of drug-likeness (QED) is 0.196. The van der Waals surface area contributed by atoms with Crippen molar-refractivity contribution < 1.29 is 14.3 Å². The van der Waals surface area contributed by atoms with Crippen LogP contribution in [-0.4, -0.2) is 30.7 Å². The molecule has 0 saturated heterocycles. The summed E-state index contributed by atoms with van der Waals surface area (Å²) < 4.78 is 5.22. The minimum absolute atomic E-state index is 0.205. The second kappa shape index (κ2) is 12.7. The third-order valence-corrected chi connectivity index (χ3v) is 5.95. The first-order valence-electron chi connectivity index (χ1n) is 13.1. The van der Waals surface area contributed by atoms with E-state index in [-0.39, 0.29) is 12.5 Å². The molecule has 4 aromatic rings. The molecule has 4 rings (SSSR count). The fourth-order valence-electron chi connectivity index (χ4n) is 4.27. The Morgan fingerprint density at radius 1 is 0.538 bits per heavy atom. The van der Waals surface area contributed by atoms with Crippen molar-refractivity contribution in [3.63, 3.8) is 0 Å². The highest BCUT2D eigenvalue weighted by Crippen LogP contribution is 2.36. The van der Waals surface area contributed by atoms with Gasteiger partial charge in [-0.3, -0.25) is 4.79 Å². The smallest absolute Gasteiger partial charge is 0.407 e. The summed E-state index contributed by atoms with van der Waals surface area (Å²) in [6.07, 6.45) is -0.506. The Kier molecular flexibility index (Phi) is 8.95. The Morgan fingerprint density at radius 3 is 1.31 bits per heavy atom. The largest absolute Gasteiger partial charge is 0.444 e. The first-order valence-corrected chi connectivity index (χ1v) is 13.1. The van der Waals surface area contributed by atoms with Crippen LogP contribution in [0.4, 0.5) is 4.79 Å². The van der Waals surface area contributed by atoms with Crippen LogP contribution in [0.15, 0.2) is 115 Å². The Morgan fingerprint density at radius 2 is 0.897 bits per heavy atom. The number of rotatable bonds is 8. The first-order chi connectivity index (χ1) is 18.8. The minimum atomic E-state index is -0.566. The normalized spacial score (nSPS) is 10.8. The molecule has 0 aromatic heterocycles. The van der Waals surface area contributed by atoms with E-state index < -0.39 is 11.7 Å². The number of hydrogen-bond acceptors (Lipinski definition) is 3. The Labute approximate surface area is 230 Å². The molecule has 2 amide bonds. The average Bonchev–Trinajstić information content (AvgIpc) is 2.94. The van der Waals surface area contributed by atoms with E-state index in [1.807, 2.05) is 78.9 Å². The van der Waals surface area contributed by atoms with E-state index in [4.69, 9.17) is 4.74 Å². The van der Waals surface area contributed by atoms with Crippen molar-refractivity contribution in [3.8, 4) is 0 Å². The van der Waals surface area contributed by atoms with E-state index in [1.165, 1.54) is 0 Å². The summed E-state index contributed by atoms with van der Waals surface area (Å²) in [6, 6.07) is 38.7. The van der Waals surface area contributed by atoms with Gasteiger partial charge in [-0.05, 0) is 66.3 Å². The molecule has 39 heavy (non-hydrogen) atoms. The Hall–Kier alpha value is -4.64. The second-order valence-electron chi connectivity index (χ2n) is 10.1. The maximum absolute atomic E-state index is 12.8. The maximum atomic E-state index is 12.8. The molecule has 0 heterocycles. The molecule has 0 saturated carbocycles. The number of benzene rings is 4. The fraction of sp³-hybridized carbons (Fsp3) is 0.176. The van der Waals surface area contributed by atoms with Crippen LogP contribution in [0, 0.1) is 0 Å². The number of carbonyl (C=O) groups excluding carboxylic acids is 2. The summed E-state index contributed by atoms with van der Waals surface area (Å²) in [5.74, 6) is -0.205. The number of alkyl carbamates (subject to hydrolysis) is 1. The standard InChI is InChI=1S/C34H34N2O3/c1-34(2,3)39-33(38)36-24-23-35-32(37)29-21-19-28(20-22-29)31(27-17-11-6-12-18-27)30(25-13-7-4-8-14-25)26-15-9-5-10-16-26/h4-22H,23-24H2,1-3H3,(H,35,37)(H,36,38). The number of nitrogens with one attached hydrogen (secondary N) is 2. The average molecular weight is 519 g/mol. The fourth-order valence-corrected chi connectivity index (χ4v) is 4.27. The summed E-state index contributed by atoms with van der Waals surface area (Å²) in [5.41, 5.74) is 6.50. The molecule has 0 aliphatic rings. The molecule has 0 aliphatic heterocycles. The van der Waals surface area contributed by atoms with Gasteiger partial charge >= 0.3 is 6.09 Å². The molecule has 0 unspecified atom stereocenters. The molecule has 4 aromatic carbocycles. The zero-order chi connectivity index (χ0) is 27.7. The van der Waals surface area contributed by atoms with Gasteiger partial charge < -0.3 is 15.4 Å². The van der Waals surface area contributed by atoms with Gasteiger partial charge in [0.05, 0.1) is 0 Å². The summed E-state index contributed by atoms with van der Waals surface area (Å²) in [6.45, 7) is 5.98. The number of amides is 2. The third kappa shape index (κ3) is 7.68. The van der Waals surface area contributed by atoms with Gasteiger partial charge in [-0.2, -0.15) is 0 Å². The topological polar surface area (TPSA) is 67.4 Å². The summed E-state index contributed by atoms with van der Waals surface area (Å²) in [5, 5.41) is 5.50. The molecule has 5 nitrogen and oxygen atoms in total. The van der Waals surface area contributed by atoms with Gasteiger partial charge in [0.2, 0.25) is 0 Å². The molecular formula is C34H34N2O3. The monoisotopic (exact) mass is 518 g/mol. The van der Waals surface area contributed by atoms with Crippen molar-refractivity contribution in [2.45, 2.75) is 26.4 Å². The van der Waals surface area contributed by atoms with Gasteiger partial charge in [-0.25, -0.2) is 4.79 Å². The lowest BCUT2D eigenvalue weighted by molar-refractivity contribution is 0.0526. The number of ether oxygens (including phenoxy) is 1. The third-order valence-electron chi connectivity index (χ3n) is 5.95. The molecule has 5 heteroatoms. The minimum Gasteiger partial charge on any atom is -0.444 e. The highest BCUT2D eigenvalue weighted by molar-refractivity contribution is 6.05. The molecule has 0 bridgehead atoms. The van der Waals surface area contributed by atoms with Gasteiger partial charge in [0.25, 0.3) is 5.91 Å². The van der Waals surface area contributed by atoms with E-state index >= 15 is 0 Å². The van der Waals surface area contributed by atoms with Gasteiger partial charge in [0, 0.05) is 18.7 Å². The molecule has 0 radical (unpaired) electrons. The van der Waals surface area contributed by atoms with Gasteiger partial charge in [0.15, 0.2) is 0 Å². The molecule has 0 spiro atoms. The molecule has 198 valence electrons. The number of hydrogen-bond donors (Lipinski definition) is 2. The molecule has 2 N–H and O–H groups in total. The lowest BCUT2D eigenvalue weighted by atomic mass is 9.85. The maximum Gasteiger partial charge on any atom is 0.407 e. The molecule has 0 fully saturated rings. The van der Waals surface area contributed by atoms with Crippen molar-refractivity contribution >= 4 is 23.1 Å². The predicted octanol–water partition coefficient (Wildman–Crippen LogP) is 6.95.